The Morgan fingerprint density at radius 3 is 2.65 bits per heavy atom. The number of carbonyl (C=O) groups is 1. The van der Waals surface area contributed by atoms with Gasteiger partial charge in [0.1, 0.15) is 5.82 Å². The first-order chi connectivity index (χ1) is 12.3. The fraction of sp³-hybridized carbons (Fsp3) is 0.222. The largest absolute Gasteiger partial charge is 0.326 e. The van der Waals surface area contributed by atoms with Crippen molar-refractivity contribution >= 4 is 28.9 Å². The lowest BCUT2D eigenvalue weighted by Gasteiger charge is -2.09. The highest BCUT2D eigenvalue weighted by molar-refractivity contribution is 5.89. The normalized spacial score (nSPS) is 10.6. The summed E-state index contributed by atoms with van der Waals surface area (Å²) < 4.78 is 3.39. The summed E-state index contributed by atoms with van der Waals surface area (Å²) in [6.07, 6.45) is 3.61. The van der Waals surface area contributed by atoms with E-state index in [9.17, 15) is 4.79 Å². The van der Waals surface area contributed by atoms with Gasteiger partial charge in [0, 0.05) is 37.1 Å². The van der Waals surface area contributed by atoms with E-state index in [1.165, 1.54) is 6.92 Å². The van der Waals surface area contributed by atoms with Crippen molar-refractivity contribution in [3.8, 4) is 0 Å². The molecule has 0 bridgehead atoms. The van der Waals surface area contributed by atoms with Gasteiger partial charge in [-0.05, 0) is 37.6 Å². The molecule has 2 heterocycles. The summed E-state index contributed by atoms with van der Waals surface area (Å²) in [6.45, 7) is 9.36. The summed E-state index contributed by atoms with van der Waals surface area (Å²) in [5.41, 5.74) is 4.14. The second-order valence-electron chi connectivity index (χ2n) is 6.08. The van der Waals surface area contributed by atoms with Gasteiger partial charge in [-0.1, -0.05) is 6.58 Å². The molecule has 2 N–H and O–H groups in total. The molecule has 0 atom stereocenters. The zero-order valence-corrected chi connectivity index (χ0v) is 15.2. The van der Waals surface area contributed by atoms with Crippen molar-refractivity contribution in [1.82, 2.24) is 24.5 Å². The van der Waals surface area contributed by atoms with Crippen molar-refractivity contribution in [2.45, 2.75) is 20.8 Å². The number of nitrogens with one attached hydrogen (secondary N) is 2. The first-order valence-corrected chi connectivity index (χ1v) is 8.10. The summed E-state index contributed by atoms with van der Waals surface area (Å²) in [6, 6.07) is 5.64. The predicted molar refractivity (Wildman–Crippen MR) is 101 cm³/mol. The summed E-state index contributed by atoms with van der Waals surface area (Å²) in [5, 5.41) is 14.6. The SMILES string of the molecule is C=C(c1cnn(C)c1)n1nc(Nc2ccc(NC(C)=O)c(C)c2)nc1C. The van der Waals surface area contributed by atoms with Crippen LogP contribution in [0.25, 0.3) is 5.70 Å². The molecule has 134 valence electrons. The third-order valence-corrected chi connectivity index (χ3v) is 3.86. The van der Waals surface area contributed by atoms with Gasteiger partial charge in [-0.2, -0.15) is 10.1 Å². The zero-order valence-electron chi connectivity index (χ0n) is 15.2. The van der Waals surface area contributed by atoms with E-state index < -0.39 is 0 Å². The van der Waals surface area contributed by atoms with Crippen LogP contribution in [0.4, 0.5) is 17.3 Å². The Morgan fingerprint density at radius 2 is 2.04 bits per heavy atom. The summed E-state index contributed by atoms with van der Waals surface area (Å²) >= 11 is 0. The van der Waals surface area contributed by atoms with Gasteiger partial charge in [0.05, 0.1) is 11.9 Å². The van der Waals surface area contributed by atoms with Gasteiger partial charge in [0.15, 0.2) is 0 Å². The number of rotatable bonds is 5. The number of anilines is 3. The summed E-state index contributed by atoms with van der Waals surface area (Å²) in [5.74, 6) is 1.09. The number of aromatic nitrogens is 5. The molecule has 0 radical (unpaired) electrons. The van der Waals surface area contributed by atoms with Crippen molar-refractivity contribution < 1.29 is 4.79 Å². The molecule has 0 unspecified atom stereocenters. The highest BCUT2D eigenvalue weighted by atomic mass is 16.1. The van der Waals surface area contributed by atoms with Gasteiger partial charge >= 0.3 is 0 Å². The van der Waals surface area contributed by atoms with Crippen molar-refractivity contribution in [1.29, 1.82) is 0 Å². The monoisotopic (exact) mass is 351 g/mol. The standard InChI is InChI=1S/C18H21N7O/c1-11-8-16(6-7-17(11)21-14(4)26)22-18-20-13(3)25(23-18)12(2)15-9-19-24(5)10-15/h6-10H,2H2,1,3-5H3,(H,21,26)(H,22,23). The average Bonchev–Trinajstić information content (AvgIpc) is 3.15. The third kappa shape index (κ3) is 3.64. The Balaban J connectivity index is 1.80. The lowest BCUT2D eigenvalue weighted by molar-refractivity contribution is -0.114. The lowest BCUT2D eigenvalue weighted by Crippen LogP contribution is -2.07. The minimum Gasteiger partial charge on any atom is -0.326 e. The maximum Gasteiger partial charge on any atom is 0.247 e. The molecular formula is C18H21N7O. The molecule has 0 saturated heterocycles. The van der Waals surface area contributed by atoms with Gasteiger partial charge < -0.3 is 10.6 Å². The first kappa shape index (κ1) is 17.4. The molecule has 0 aliphatic heterocycles. The van der Waals surface area contributed by atoms with Crippen LogP contribution < -0.4 is 10.6 Å². The van der Waals surface area contributed by atoms with Crippen LogP contribution in [0.3, 0.4) is 0 Å². The Bertz CT molecular complexity index is 983. The van der Waals surface area contributed by atoms with Gasteiger partial charge in [-0.25, -0.2) is 4.68 Å². The third-order valence-electron chi connectivity index (χ3n) is 3.86. The van der Waals surface area contributed by atoms with Crippen molar-refractivity contribution in [3.05, 3.63) is 54.1 Å². The smallest absolute Gasteiger partial charge is 0.247 e. The van der Waals surface area contributed by atoms with E-state index in [1.54, 1.807) is 15.6 Å². The molecule has 0 spiro atoms. The van der Waals surface area contributed by atoms with Crippen molar-refractivity contribution in [2.75, 3.05) is 10.6 Å². The molecule has 3 aromatic rings. The Hall–Kier alpha value is -3.42. The molecule has 26 heavy (non-hydrogen) atoms. The van der Waals surface area contributed by atoms with Crippen molar-refractivity contribution in [3.63, 3.8) is 0 Å². The van der Waals surface area contributed by atoms with Crippen LogP contribution in [-0.2, 0) is 11.8 Å². The van der Waals surface area contributed by atoms with E-state index in [4.69, 9.17) is 0 Å². The zero-order chi connectivity index (χ0) is 18.8. The molecule has 0 saturated carbocycles. The molecule has 0 aliphatic rings. The summed E-state index contributed by atoms with van der Waals surface area (Å²) in [4.78, 5) is 15.6. The minimum absolute atomic E-state index is 0.0984. The van der Waals surface area contributed by atoms with Crippen LogP contribution >= 0.6 is 0 Å². The highest BCUT2D eigenvalue weighted by Gasteiger charge is 2.12. The van der Waals surface area contributed by atoms with Crippen LogP contribution in [0.15, 0.2) is 37.2 Å². The number of aryl methyl sites for hydroxylation is 3. The van der Waals surface area contributed by atoms with Gasteiger partial charge in [-0.15, -0.1) is 5.10 Å². The van der Waals surface area contributed by atoms with Crippen LogP contribution in [0.5, 0.6) is 0 Å². The number of benzene rings is 1. The van der Waals surface area contributed by atoms with Crippen LogP contribution in [-0.4, -0.2) is 30.5 Å². The van der Waals surface area contributed by atoms with Gasteiger partial charge in [0.2, 0.25) is 11.9 Å². The Kier molecular flexibility index (Phi) is 4.57. The second kappa shape index (κ2) is 6.83. The minimum atomic E-state index is -0.0984. The quantitative estimate of drug-likeness (QED) is 0.738. The molecule has 2 aromatic heterocycles. The summed E-state index contributed by atoms with van der Waals surface area (Å²) in [7, 11) is 1.85. The number of amides is 1. The lowest BCUT2D eigenvalue weighted by atomic mass is 10.2. The maximum absolute atomic E-state index is 11.2. The molecule has 3 rings (SSSR count). The fourth-order valence-corrected chi connectivity index (χ4v) is 2.59. The molecule has 8 nitrogen and oxygen atoms in total. The second-order valence-corrected chi connectivity index (χ2v) is 6.08. The van der Waals surface area contributed by atoms with E-state index in [0.29, 0.717) is 17.5 Å². The molecule has 1 aromatic carbocycles. The average molecular weight is 351 g/mol. The highest BCUT2D eigenvalue weighted by Crippen LogP contribution is 2.23. The first-order valence-electron chi connectivity index (χ1n) is 8.10. The molecule has 8 heteroatoms. The fourth-order valence-electron chi connectivity index (χ4n) is 2.59. The maximum atomic E-state index is 11.2. The van der Waals surface area contributed by atoms with Crippen molar-refractivity contribution in [2.24, 2.45) is 7.05 Å². The topological polar surface area (TPSA) is 89.7 Å². The number of nitrogens with zero attached hydrogens (tertiary/aromatic N) is 5. The van der Waals surface area contributed by atoms with Crippen LogP contribution in [0.1, 0.15) is 23.9 Å². The molecule has 1 amide bonds. The van der Waals surface area contributed by atoms with E-state index in [-0.39, 0.29) is 5.91 Å². The van der Waals surface area contributed by atoms with E-state index >= 15 is 0 Å². The molecule has 0 aliphatic carbocycles. The number of hydrogen-bond acceptors (Lipinski definition) is 5. The molecule has 0 fully saturated rings. The van der Waals surface area contributed by atoms with Crippen LogP contribution in [0.2, 0.25) is 0 Å². The van der Waals surface area contributed by atoms with Gasteiger partial charge in [-0.3, -0.25) is 9.48 Å². The Labute approximate surface area is 151 Å². The van der Waals surface area contributed by atoms with E-state index in [1.807, 2.05) is 45.3 Å². The Morgan fingerprint density at radius 1 is 1.27 bits per heavy atom. The van der Waals surface area contributed by atoms with Gasteiger partial charge in [0.25, 0.3) is 0 Å². The number of carbonyl (C=O) groups excluding carboxylic acids is 1. The number of hydrogen-bond donors (Lipinski definition) is 2. The van der Waals surface area contributed by atoms with E-state index in [2.05, 4.69) is 32.4 Å². The molecular weight excluding hydrogens is 330 g/mol. The van der Waals surface area contributed by atoms with E-state index in [0.717, 1.165) is 22.5 Å². The van der Waals surface area contributed by atoms with Crippen LogP contribution in [0, 0.1) is 13.8 Å². The predicted octanol–water partition coefficient (Wildman–Crippen LogP) is 2.85.